The number of fused-ring (bicyclic) bond motifs is 1. The smallest absolute Gasteiger partial charge is 0.294 e. The van der Waals surface area contributed by atoms with E-state index in [2.05, 4.69) is 4.98 Å². The molecule has 0 N–H and O–H groups in total. The number of methoxy groups -OCH3 is 1. The summed E-state index contributed by atoms with van der Waals surface area (Å²) in [7, 11) is 7.47. The minimum Gasteiger partial charge on any atom is -0.383 e. The molecule has 1 aliphatic heterocycles. The van der Waals surface area contributed by atoms with Crippen LogP contribution in [0.3, 0.4) is 0 Å². The van der Waals surface area contributed by atoms with Gasteiger partial charge in [-0.05, 0) is 24.5 Å². The first-order valence-corrected chi connectivity index (χ1v) is 8.84. The molecule has 0 saturated heterocycles. The van der Waals surface area contributed by atoms with Crippen molar-refractivity contribution < 1.29 is 4.74 Å². The molecule has 2 aromatic rings. The third-order valence-electron chi connectivity index (χ3n) is 4.40. The van der Waals surface area contributed by atoms with Crippen LogP contribution in [0.5, 0.6) is 0 Å². The summed E-state index contributed by atoms with van der Waals surface area (Å²) in [6, 6.07) is 3.45. The molecule has 130 valence electrons. The Kier molecular flexibility index (Phi) is 5.42. The predicted octanol–water partition coefficient (Wildman–Crippen LogP) is 2.64. The monoisotopic (exact) mass is 377 g/mol. The maximum absolute atomic E-state index is 13.0. The van der Waals surface area contributed by atoms with E-state index in [1.807, 2.05) is 17.9 Å². The van der Waals surface area contributed by atoms with Crippen molar-refractivity contribution in [3.8, 4) is 0 Å². The van der Waals surface area contributed by atoms with Crippen molar-refractivity contribution in [2.75, 3.05) is 25.2 Å². The lowest BCUT2D eigenvalue weighted by atomic mass is 9.93. The average molecular weight is 378 g/mol. The van der Waals surface area contributed by atoms with E-state index in [1.165, 1.54) is 0 Å². The fourth-order valence-corrected chi connectivity index (χ4v) is 3.76. The van der Waals surface area contributed by atoms with Gasteiger partial charge in [0.15, 0.2) is 0 Å². The Labute approximate surface area is 157 Å². The number of nitrogens with zero attached hydrogens (tertiary/aromatic N) is 3. The molecule has 8 heteroatoms. The van der Waals surface area contributed by atoms with Crippen molar-refractivity contribution in [2.45, 2.75) is 25.8 Å². The summed E-state index contributed by atoms with van der Waals surface area (Å²) in [6.45, 7) is 3.02. The number of rotatable bonds is 5. The Balaban J connectivity index is 2.12. The first-order chi connectivity index (χ1) is 12.0. The van der Waals surface area contributed by atoms with Gasteiger partial charge in [-0.25, -0.2) is 4.98 Å². The summed E-state index contributed by atoms with van der Waals surface area (Å²) in [5.41, 5.74) is 2.16. The van der Waals surface area contributed by atoms with Crippen molar-refractivity contribution in [3.63, 3.8) is 0 Å². The zero-order valence-corrected chi connectivity index (χ0v) is 15.6. The van der Waals surface area contributed by atoms with Crippen LogP contribution >= 0.6 is 23.2 Å². The molecule has 5 nitrogen and oxygen atoms in total. The van der Waals surface area contributed by atoms with Gasteiger partial charge in [0.05, 0.1) is 23.4 Å². The number of anilines is 2. The van der Waals surface area contributed by atoms with E-state index in [1.54, 1.807) is 23.9 Å². The van der Waals surface area contributed by atoms with Gasteiger partial charge >= 0.3 is 0 Å². The van der Waals surface area contributed by atoms with Crippen molar-refractivity contribution >= 4 is 48.0 Å². The van der Waals surface area contributed by atoms with E-state index in [-0.39, 0.29) is 22.6 Å². The highest BCUT2D eigenvalue weighted by Crippen LogP contribution is 2.37. The number of halogens is 2. The van der Waals surface area contributed by atoms with Crippen molar-refractivity contribution in [1.29, 1.82) is 0 Å². The van der Waals surface area contributed by atoms with E-state index < -0.39 is 0 Å². The predicted molar refractivity (Wildman–Crippen MR) is 102 cm³/mol. The standard InChI is InChI=1S/C17H18BCl2N3O2/c1-3-12(9-25-2)23-8-14(20)21-16(17(23)24)22-5-4-10-6-11(18)7-13(19)15(10)22/h6-8,12H,3-5,9H2,1-2H3/t12-/m0/s1. The van der Waals surface area contributed by atoms with Crippen LogP contribution in [0.1, 0.15) is 24.9 Å². The zero-order valence-electron chi connectivity index (χ0n) is 14.1. The molecule has 0 spiro atoms. The highest BCUT2D eigenvalue weighted by Gasteiger charge is 2.28. The van der Waals surface area contributed by atoms with E-state index >= 15 is 0 Å². The fraction of sp³-hybridized carbons (Fsp3) is 0.412. The molecule has 25 heavy (non-hydrogen) atoms. The quantitative estimate of drug-likeness (QED) is 0.751. The van der Waals surface area contributed by atoms with E-state index in [9.17, 15) is 4.79 Å². The number of hydrogen-bond acceptors (Lipinski definition) is 4. The Hall–Kier alpha value is -1.50. The number of benzene rings is 1. The largest absolute Gasteiger partial charge is 0.383 e. The molecule has 0 fully saturated rings. The highest BCUT2D eigenvalue weighted by atomic mass is 35.5. The van der Waals surface area contributed by atoms with Crippen LogP contribution in [0.2, 0.25) is 10.2 Å². The number of aromatic nitrogens is 2. The molecule has 0 amide bonds. The molecule has 0 bridgehead atoms. The summed E-state index contributed by atoms with van der Waals surface area (Å²) in [4.78, 5) is 19.2. The van der Waals surface area contributed by atoms with Crippen LogP contribution in [0.15, 0.2) is 23.1 Å². The van der Waals surface area contributed by atoms with Crippen LogP contribution in [0.25, 0.3) is 0 Å². The molecular weight excluding hydrogens is 360 g/mol. The average Bonchev–Trinajstić information content (AvgIpc) is 2.98. The molecule has 0 saturated carbocycles. The minimum absolute atomic E-state index is 0.110. The zero-order chi connectivity index (χ0) is 18.1. The molecule has 0 unspecified atom stereocenters. The second kappa shape index (κ2) is 7.40. The van der Waals surface area contributed by atoms with E-state index in [4.69, 9.17) is 35.8 Å². The third kappa shape index (κ3) is 3.43. The van der Waals surface area contributed by atoms with Gasteiger partial charge in [-0.3, -0.25) is 4.79 Å². The molecule has 1 aromatic carbocycles. The van der Waals surface area contributed by atoms with Crippen molar-refractivity contribution in [3.05, 3.63) is 44.4 Å². The van der Waals surface area contributed by atoms with Gasteiger partial charge in [0.25, 0.3) is 5.56 Å². The third-order valence-corrected chi connectivity index (χ3v) is 4.87. The number of hydrogen-bond donors (Lipinski definition) is 0. The van der Waals surface area contributed by atoms with Gasteiger partial charge < -0.3 is 14.2 Å². The number of ether oxygens (including phenoxy) is 1. The van der Waals surface area contributed by atoms with Crippen LogP contribution in [-0.4, -0.2) is 37.7 Å². The Morgan fingerprint density at radius 3 is 2.84 bits per heavy atom. The summed E-state index contributed by atoms with van der Waals surface area (Å²) in [5, 5.41) is 0.758. The normalized spacial score (nSPS) is 14.6. The second-order valence-corrected chi connectivity index (χ2v) is 6.82. The van der Waals surface area contributed by atoms with Gasteiger partial charge in [0, 0.05) is 19.9 Å². The Morgan fingerprint density at radius 2 is 2.16 bits per heavy atom. The molecule has 1 aliphatic rings. The summed E-state index contributed by atoms with van der Waals surface area (Å²) in [6.07, 6.45) is 3.03. The second-order valence-electron chi connectivity index (χ2n) is 6.03. The van der Waals surface area contributed by atoms with Gasteiger partial charge in [-0.2, -0.15) is 0 Å². The molecular formula is C17H18BCl2N3O2. The molecule has 1 aromatic heterocycles. The lowest BCUT2D eigenvalue weighted by Crippen LogP contribution is -2.33. The summed E-state index contributed by atoms with van der Waals surface area (Å²) in [5.74, 6) is 0.271. The first-order valence-electron chi connectivity index (χ1n) is 8.09. The van der Waals surface area contributed by atoms with Crippen LogP contribution in [-0.2, 0) is 11.2 Å². The van der Waals surface area contributed by atoms with Crippen LogP contribution < -0.4 is 15.9 Å². The highest BCUT2D eigenvalue weighted by molar-refractivity contribution is 6.38. The maximum atomic E-state index is 13.0. The summed E-state index contributed by atoms with van der Waals surface area (Å²) < 4.78 is 6.82. The molecule has 1 atom stereocenters. The van der Waals surface area contributed by atoms with Gasteiger partial charge in [-0.15, -0.1) is 0 Å². The fourth-order valence-electron chi connectivity index (χ4n) is 3.23. The SMILES string of the molecule is [B]c1cc(Cl)c2c(c1)CCN2c1nc(Cl)cn([C@@H](CC)COC)c1=O. The molecule has 2 heterocycles. The van der Waals surface area contributed by atoms with Crippen molar-refractivity contribution in [1.82, 2.24) is 9.55 Å². The van der Waals surface area contributed by atoms with Gasteiger partial charge in [0.1, 0.15) is 13.0 Å². The Bertz CT molecular complexity index is 857. The molecule has 2 radical (unpaired) electrons. The molecule has 3 rings (SSSR count). The Morgan fingerprint density at radius 1 is 1.40 bits per heavy atom. The lowest BCUT2D eigenvalue weighted by Gasteiger charge is -2.23. The van der Waals surface area contributed by atoms with E-state index in [0.717, 1.165) is 24.1 Å². The summed E-state index contributed by atoms with van der Waals surface area (Å²) >= 11 is 12.6. The van der Waals surface area contributed by atoms with E-state index in [0.29, 0.717) is 23.6 Å². The molecule has 0 aliphatic carbocycles. The van der Waals surface area contributed by atoms with Gasteiger partial charge in [0.2, 0.25) is 5.82 Å². The lowest BCUT2D eigenvalue weighted by molar-refractivity contribution is 0.151. The van der Waals surface area contributed by atoms with Crippen LogP contribution in [0, 0.1) is 0 Å². The maximum Gasteiger partial charge on any atom is 0.294 e. The van der Waals surface area contributed by atoms with Crippen molar-refractivity contribution in [2.24, 2.45) is 0 Å². The van der Waals surface area contributed by atoms with Crippen LogP contribution in [0.4, 0.5) is 11.5 Å². The minimum atomic E-state index is -0.214. The first kappa shape index (κ1) is 18.3. The topological polar surface area (TPSA) is 47.4 Å². The van der Waals surface area contributed by atoms with Gasteiger partial charge in [-0.1, -0.05) is 41.7 Å².